The van der Waals surface area contributed by atoms with Gasteiger partial charge in [-0.2, -0.15) is 0 Å². The smallest absolute Gasteiger partial charge is 0.134 e. The Balaban J connectivity index is 1.55. The topological polar surface area (TPSA) is 44.7 Å². The minimum Gasteiger partial charge on any atom is -0.373 e. The first-order valence-electron chi connectivity index (χ1n) is 9.28. The second-order valence-electron chi connectivity index (χ2n) is 7.22. The van der Waals surface area contributed by atoms with Crippen molar-refractivity contribution in [2.24, 2.45) is 0 Å². The molecule has 2 saturated heterocycles. The molecule has 0 aromatic carbocycles. The van der Waals surface area contributed by atoms with Gasteiger partial charge in [-0.25, -0.2) is 9.97 Å². The van der Waals surface area contributed by atoms with Crippen LogP contribution in [0.4, 0.5) is 11.6 Å². The Morgan fingerprint density at radius 2 is 1.83 bits per heavy atom. The second kappa shape index (κ2) is 8.12. The van der Waals surface area contributed by atoms with Crippen molar-refractivity contribution in [3.05, 3.63) is 12.4 Å². The molecular weight excluding hydrogens is 302 g/mol. The first-order chi connectivity index (χ1) is 11.6. The lowest BCUT2D eigenvalue weighted by atomic mass is 10.1. The maximum Gasteiger partial charge on any atom is 0.134 e. The number of aromatic nitrogens is 2. The van der Waals surface area contributed by atoms with Gasteiger partial charge >= 0.3 is 0 Å². The number of hydrogen-bond donors (Lipinski definition) is 0. The minimum atomic E-state index is 0.323. The highest BCUT2D eigenvalue weighted by atomic mass is 16.5. The number of nitrogens with zero attached hydrogens (tertiary/aromatic N) is 5. The van der Waals surface area contributed by atoms with Gasteiger partial charge in [0.1, 0.15) is 18.0 Å². The Hall–Kier alpha value is -1.40. The van der Waals surface area contributed by atoms with Crippen molar-refractivity contribution >= 4 is 11.6 Å². The molecule has 0 bridgehead atoms. The molecule has 0 amide bonds. The highest BCUT2D eigenvalue weighted by Crippen LogP contribution is 2.20. The second-order valence-corrected chi connectivity index (χ2v) is 7.22. The van der Waals surface area contributed by atoms with Crippen LogP contribution >= 0.6 is 0 Å². The van der Waals surface area contributed by atoms with E-state index in [0.29, 0.717) is 12.2 Å². The van der Waals surface area contributed by atoms with Crippen LogP contribution in [0.5, 0.6) is 0 Å². The fourth-order valence-corrected chi connectivity index (χ4v) is 3.71. The number of hydrogen-bond acceptors (Lipinski definition) is 6. The molecule has 0 saturated carbocycles. The summed E-state index contributed by atoms with van der Waals surface area (Å²) >= 11 is 0. The Labute approximate surface area is 145 Å². The Kier molecular flexibility index (Phi) is 5.89. The number of morpholine rings is 1. The van der Waals surface area contributed by atoms with Crippen molar-refractivity contribution in [1.29, 1.82) is 0 Å². The number of piperidine rings is 1. The van der Waals surface area contributed by atoms with Crippen LogP contribution in [0.15, 0.2) is 12.4 Å². The van der Waals surface area contributed by atoms with Gasteiger partial charge in [-0.3, -0.25) is 4.90 Å². The fraction of sp³-hybridized carbons (Fsp3) is 0.778. The Morgan fingerprint density at radius 1 is 1.12 bits per heavy atom. The van der Waals surface area contributed by atoms with Crippen molar-refractivity contribution in [2.75, 3.05) is 56.1 Å². The molecular formula is C18H31N5O. The highest BCUT2D eigenvalue weighted by Gasteiger charge is 2.22. The van der Waals surface area contributed by atoms with Crippen LogP contribution in [0.2, 0.25) is 0 Å². The van der Waals surface area contributed by atoms with Gasteiger partial charge in [0, 0.05) is 52.4 Å². The van der Waals surface area contributed by atoms with Crippen molar-refractivity contribution in [2.45, 2.75) is 45.3 Å². The van der Waals surface area contributed by atoms with Crippen LogP contribution in [0.1, 0.15) is 33.1 Å². The highest BCUT2D eigenvalue weighted by molar-refractivity contribution is 5.49. The molecule has 0 spiro atoms. The van der Waals surface area contributed by atoms with Gasteiger partial charge in [0.15, 0.2) is 0 Å². The predicted octanol–water partition coefficient (Wildman–Crippen LogP) is 2.01. The Bertz CT molecular complexity index is 510. The molecule has 24 heavy (non-hydrogen) atoms. The number of likely N-dealkylation sites (N-methyl/N-ethyl adjacent to an activating group) is 1. The molecule has 1 aromatic heterocycles. The van der Waals surface area contributed by atoms with Crippen molar-refractivity contribution in [3.63, 3.8) is 0 Å². The summed E-state index contributed by atoms with van der Waals surface area (Å²) in [5, 5.41) is 0. The van der Waals surface area contributed by atoms with Crippen molar-refractivity contribution in [1.82, 2.24) is 14.9 Å². The SMILES string of the molecule is C[C@@H]1CN(CCN(C)c2cc(N3CCCCC3)ncn2)C[C@H](C)O1. The lowest BCUT2D eigenvalue weighted by Gasteiger charge is -2.36. The van der Waals surface area contributed by atoms with Crippen LogP contribution in [-0.4, -0.2) is 73.4 Å². The third-order valence-corrected chi connectivity index (χ3v) is 4.96. The van der Waals surface area contributed by atoms with Crippen LogP contribution in [0.25, 0.3) is 0 Å². The first kappa shape index (κ1) is 17.4. The zero-order chi connectivity index (χ0) is 16.9. The summed E-state index contributed by atoms with van der Waals surface area (Å²) in [7, 11) is 2.12. The summed E-state index contributed by atoms with van der Waals surface area (Å²) in [5.74, 6) is 2.08. The molecule has 6 nitrogen and oxygen atoms in total. The summed E-state index contributed by atoms with van der Waals surface area (Å²) in [4.78, 5) is 16.1. The molecule has 134 valence electrons. The van der Waals surface area contributed by atoms with E-state index in [9.17, 15) is 0 Å². The zero-order valence-electron chi connectivity index (χ0n) is 15.3. The zero-order valence-corrected chi connectivity index (χ0v) is 15.3. The quantitative estimate of drug-likeness (QED) is 0.821. The van der Waals surface area contributed by atoms with Gasteiger partial charge in [-0.1, -0.05) is 0 Å². The lowest BCUT2D eigenvalue weighted by Crippen LogP contribution is -2.47. The van der Waals surface area contributed by atoms with Gasteiger partial charge in [0.05, 0.1) is 12.2 Å². The standard InChI is InChI=1S/C18H31N5O/c1-15-12-22(13-16(2)24-15)10-9-21(3)17-11-18(20-14-19-17)23-7-5-4-6-8-23/h11,14-16H,4-10,12-13H2,1-3H3/t15-,16+. The third kappa shape index (κ3) is 4.57. The van der Waals surface area contributed by atoms with E-state index in [4.69, 9.17) is 4.74 Å². The number of anilines is 2. The van der Waals surface area contributed by atoms with E-state index in [1.807, 2.05) is 0 Å². The van der Waals surface area contributed by atoms with Crippen LogP contribution < -0.4 is 9.80 Å². The maximum absolute atomic E-state index is 5.81. The predicted molar refractivity (Wildman–Crippen MR) is 97.8 cm³/mol. The van der Waals surface area contributed by atoms with E-state index in [2.05, 4.69) is 51.6 Å². The lowest BCUT2D eigenvalue weighted by molar-refractivity contribution is -0.0670. The van der Waals surface area contributed by atoms with Crippen LogP contribution in [0, 0.1) is 0 Å². The number of ether oxygens (including phenoxy) is 1. The first-order valence-corrected chi connectivity index (χ1v) is 9.28. The average molecular weight is 333 g/mol. The van der Waals surface area contributed by atoms with Gasteiger partial charge in [-0.05, 0) is 33.1 Å². The minimum absolute atomic E-state index is 0.323. The molecule has 0 unspecified atom stereocenters. The fourth-order valence-electron chi connectivity index (χ4n) is 3.71. The third-order valence-electron chi connectivity index (χ3n) is 4.96. The summed E-state index contributed by atoms with van der Waals surface area (Å²) in [6.07, 6.45) is 6.22. The van der Waals surface area contributed by atoms with Crippen molar-refractivity contribution in [3.8, 4) is 0 Å². The summed E-state index contributed by atoms with van der Waals surface area (Å²) in [6, 6.07) is 2.13. The van der Waals surface area contributed by atoms with Crippen molar-refractivity contribution < 1.29 is 4.74 Å². The van der Waals surface area contributed by atoms with Gasteiger partial charge in [0.25, 0.3) is 0 Å². The summed E-state index contributed by atoms with van der Waals surface area (Å²) in [6.45, 7) is 10.6. The van der Waals surface area contributed by atoms with E-state index < -0.39 is 0 Å². The molecule has 2 atom stereocenters. The maximum atomic E-state index is 5.81. The van der Waals surface area contributed by atoms with E-state index in [0.717, 1.165) is 50.9 Å². The molecule has 3 rings (SSSR count). The van der Waals surface area contributed by atoms with E-state index in [1.165, 1.54) is 19.3 Å². The molecule has 0 radical (unpaired) electrons. The molecule has 0 N–H and O–H groups in total. The molecule has 2 aliphatic rings. The summed E-state index contributed by atoms with van der Waals surface area (Å²) < 4.78 is 5.81. The Morgan fingerprint density at radius 3 is 2.54 bits per heavy atom. The molecule has 2 aliphatic heterocycles. The van der Waals surface area contributed by atoms with E-state index >= 15 is 0 Å². The average Bonchev–Trinajstić information content (AvgIpc) is 2.60. The summed E-state index contributed by atoms with van der Waals surface area (Å²) in [5.41, 5.74) is 0. The largest absolute Gasteiger partial charge is 0.373 e. The molecule has 3 heterocycles. The molecule has 0 aliphatic carbocycles. The van der Waals surface area contributed by atoms with Gasteiger partial charge in [-0.15, -0.1) is 0 Å². The molecule has 2 fully saturated rings. The van der Waals surface area contributed by atoms with E-state index in [-0.39, 0.29) is 0 Å². The monoisotopic (exact) mass is 333 g/mol. The molecule has 6 heteroatoms. The normalized spacial score (nSPS) is 25.7. The van der Waals surface area contributed by atoms with Crippen LogP contribution in [0.3, 0.4) is 0 Å². The molecule has 1 aromatic rings. The van der Waals surface area contributed by atoms with E-state index in [1.54, 1.807) is 6.33 Å². The number of rotatable bonds is 5. The van der Waals surface area contributed by atoms with Gasteiger partial charge < -0.3 is 14.5 Å². The van der Waals surface area contributed by atoms with Gasteiger partial charge in [0.2, 0.25) is 0 Å². The van der Waals surface area contributed by atoms with Crippen LogP contribution in [-0.2, 0) is 4.74 Å².